The van der Waals surface area contributed by atoms with E-state index in [9.17, 15) is 8.78 Å². The van der Waals surface area contributed by atoms with Crippen LogP contribution in [0.2, 0.25) is 5.02 Å². The molecule has 1 N–H and O–H groups in total. The first-order valence-corrected chi connectivity index (χ1v) is 6.61. The number of benzene rings is 1. The molecule has 1 aromatic carbocycles. The van der Waals surface area contributed by atoms with Gasteiger partial charge in [0.05, 0.1) is 5.02 Å². The zero-order valence-electron chi connectivity index (χ0n) is 10.2. The zero-order valence-corrected chi connectivity index (χ0v) is 10.9. The molecule has 2 rings (SSSR count). The van der Waals surface area contributed by atoms with Gasteiger partial charge in [-0.15, -0.1) is 0 Å². The van der Waals surface area contributed by atoms with Crippen molar-refractivity contribution in [2.45, 2.75) is 19.4 Å². The minimum atomic E-state index is -0.575. The first-order chi connectivity index (χ1) is 8.66. The molecular formula is C13H17ClF2N2. The Morgan fingerprint density at radius 3 is 2.61 bits per heavy atom. The van der Waals surface area contributed by atoms with Crippen LogP contribution in [0.1, 0.15) is 18.4 Å². The summed E-state index contributed by atoms with van der Waals surface area (Å²) in [6, 6.07) is 2.18. The number of likely N-dealkylation sites (tertiary alicyclic amines) is 1. The Morgan fingerprint density at radius 1 is 1.17 bits per heavy atom. The van der Waals surface area contributed by atoms with Gasteiger partial charge in [-0.1, -0.05) is 11.6 Å². The highest BCUT2D eigenvalue weighted by Gasteiger charge is 2.11. The van der Waals surface area contributed by atoms with Gasteiger partial charge in [-0.05, 0) is 38.1 Å². The lowest BCUT2D eigenvalue weighted by atomic mass is 10.2. The third kappa shape index (κ3) is 3.64. The van der Waals surface area contributed by atoms with Crippen molar-refractivity contribution in [2.75, 3.05) is 26.2 Å². The standard InChI is InChI=1S/C13H17ClF2N2/c14-11-8-12(15)10(7-13(11)16)9-17-3-6-18-4-1-2-5-18/h7-8,17H,1-6,9H2. The normalized spacial score (nSPS) is 16.4. The summed E-state index contributed by atoms with van der Waals surface area (Å²) in [5.74, 6) is -1.04. The van der Waals surface area contributed by atoms with E-state index in [1.54, 1.807) is 0 Å². The Hall–Kier alpha value is -0.710. The second kappa shape index (κ2) is 6.45. The van der Waals surface area contributed by atoms with E-state index in [-0.39, 0.29) is 5.02 Å². The average molecular weight is 275 g/mol. The number of nitrogens with zero attached hydrogens (tertiary/aromatic N) is 1. The van der Waals surface area contributed by atoms with E-state index in [1.165, 1.54) is 12.8 Å². The molecule has 0 spiro atoms. The Balaban J connectivity index is 1.77. The van der Waals surface area contributed by atoms with Gasteiger partial charge in [0.25, 0.3) is 0 Å². The van der Waals surface area contributed by atoms with Gasteiger partial charge in [0, 0.05) is 25.2 Å². The lowest BCUT2D eigenvalue weighted by Gasteiger charge is -2.14. The molecule has 2 nitrogen and oxygen atoms in total. The molecule has 1 saturated heterocycles. The molecule has 18 heavy (non-hydrogen) atoms. The van der Waals surface area contributed by atoms with Crippen molar-refractivity contribution < 1.29 is 8.78 Å². The van der Waals surface area contributed by atoms with Gasteiger partial charge in [0.2, 0.25) is 0 Å². The predicted molar refractivity (Wildman–Crippen MR) is 68.7 cm³/mol. The largest absolute Gasteiger partial charge is 0.311 e. The summed E-state index contributed by atoms with van der Waals surface area (Å²) in [4.78, 5) is 2.37. The fourth-order valence-electron chi connectivity index (χ4n) is 2.17. The summed E-state index contributed by atoms with van der Waals surface area (Å²) < 4.78 is 26.6. The zero-order chi connectivity index (χ0) is 13.0. The molecule has 0 amide bonds. The summed E-state index contributed by atoms with van der Waals surface area (Å²) in [5.41, 5.74) is 0.318. The van der Waals surface area contributed by atoms with Crippen LogP contribution in [0.4, 0.5) is 8.78 Å². The van der Waals surface area contributed by atoms with Crippen molar-refractivity contribution in [1.29, 1.82) is 0 Å². The molecule has 0 atom stereocenters. The number of hydrogen-bond donors (Lipinski definition) is 1. The van der Waals surface area contributed by atoms with Gasteiger partial charge in [0.1, 0.15) is 11.6 Å². The Kier molecular flexibility index (Phi) is 4.92. The van der Waals surface area contributed by atoms with Crippen LogP contribution in [0, 0.1) is 11.6 Å². The van der Waals surface area contributed by atoms with Crippen molar-refractivity contribution in [2.24, 2.45) is 0 Å². The topological polar surface area (TPSA) is 15.3 Å². The maximum atomic E-state index is 13.5. The second-order valence-corrected chi connectivity index (χ2v) is 4.99. The number of halogens is 3. The second-order valence-electron chi connectivity index (χ2n) is 4.58. The highest BCUT2D eigenvalue weighted by molar-refractivity contribution is 6.30. The summed E-state index contributed by atoms with van der Waals surface area (Å²) >= 11 is 5.49. The van der Waals surface area contributed by atoms with Gasteiger partial charge in [-0.3, -0.25) is 0 Å². The molecule has 0 bridgehead atoms. The van der Waals surface area contributed by atoms with Crippen LogP contribution in [-0.4, -0.2) is 31.1 Å². The van der Waals surface area contributed by atoms with E-state index < -0.39 is 11.6 Å². The number of rotatable bonds is 5. The molecule has 0 saturated carbocycles. The lowest BCUT2D eigenvalue weighted by Crippen LogP contribution is -2.29. The molecule has 0 unspecified atom stereocenters. The monoisotopic (exact) mass is 274 g/mol. The van der Waals surface area contributed by atoms with Crippen LogP contribution in [0.15, 0.2) is 12.1 Å². The van der Waals surface area contributed by atoms with Crippen molar-refractivity contribution in [3.63, 3.8) is 0 Å². The van der Waals surface area contributed by atoms with Gasteiger partial charge >= 0.3 is 0 Å². The Morgan fingerprint density at radius 2 is 1.89 bits per heavy atom. The molecule has 0 aromatic heterocycles. The van der Waals surface area contributed by atoms with Crippen molar-refractivity contribution in [1.82, 2.24) is 10.2 Å². The van der Waals surface area contributed by atoms with Crippen LogP contribution >= 0.6 is 11.6 Å². The quantitative estimate of drug-likeness (QED) is 0.656. The van der Waals surface area contributed by atoms with Crippen LogP contribution in [0.3, 0.4) is 0 Å². The van der Waals surface area contributed by atoms with Crippen molar-refractivity contribution >= 4 is 11.6 Å². The van der Waals surface area contributed by atoms with Crippen LogP contribution < -0.4 is 5.32 Å². The maximum absolute atomic E-state index is 13.5. The maximum Gasteiger partial charge on any atom is 0.142 e. The minimum Gasteiger partial charge on any atom is -0.311 e. The Bertz CT molecular complexity index is 406. The summed E-state index contributed by atoms with van der Waals surface area (Å²) in [5, 5.41) is 2.95. The summed E-state index contributed by atoms with van der Waals surface area (Å²) in [6.45, 7) is 4.35. The van der Waals surface area contributed by atoms with Crippen LogP contribution in [-0.2, 0) is 6.54 Å². The molecule has 1 heterocycles. The third-order valence-electron chi connectivity index (χ3n) is 3.21. The van der Waals surface area contributed by atoms with Gasteiger partial charge in [-0.2, -0.15) is 0 Å². The molecule has 1 fully saturated rings. The first kappa shape index (κ1) is 13.7. The van der Waals surface area contributed by atoms with Gasteiger partial charge in [-0.25, -0.2) is 8.78 Å². The molecule has 1 aliphatic rings. The average Bonchev–Trinajstić information content (AvgIpc) is 2.84. The number of nitrogens with one attached hydrogen (secondary N) is 1. The van der Waals surface area contributed by atoms with E-state index >= 15 is 0 Å². The molecule has 1 aromatic rings. The molecule has 5 heteroatoms. The Labute approximate surface area is 111 Å². The number of hydrogen-bond acceptors (Lipinski definition) is 2. The van der Waals surface area contributed by atoms with E-state index in [2.05, 4.69) is 10.2 Å². The molecular weight excluding hydrogens is 258 g/mol. The smallest absolute Gasteiger partial charge is 0.142 e. The van der Waals surface area contributed by atoms with E-state index in [4.69, 9.17) is 11.6 Å². The fraction of sp³-hybridized carbons (Fsp3) is 0.538. The van der Waals surface area contributed by atoms with Gasteiger partial charge in [0.15, 0.2) is 0 Å². The lowest BCUT2D eigenvalue weighted by molar-refractivity contribution is 0.335. The fourth-order valence-corrected chi connectivity index (χ4v) is 2.32. The molecule has 0 radical (unpaired) electrons. The van der Waals surface area contributed by atoms with Crippen molar-refractivity contribution in [3.05, 3.63) is 34.4 Å². The van der Waals surface area contributed by atoms with E-state index in [0.717, 1.165) is 38.3 Å². The van der Waals surface area contributed by atoms with Gasteiger partial charge < -0.3 is 10.2 Å². The predicted octanol–water partition coefficient (Wildman–Crippen LogP) is 2.80. The SMILES string of the molecule is Fc1cc(CNCCN2CCCC2)c(F)cc1Cl. The molecule has 100 valence electrons. The van der Waals surface area contributed by atoms with Crippen LogP contribution in [0.25, 0.3) is 0 Å². The highest BCUT2D eigenvalue weighted by atomic mass is 35.5. The van der Waals surface area contributed by atoms with Crippen LogP contribution in [0.5, 0.6) is 0 Å². The van der Waals surface area contributed by atoms with E-state index in [1.807, 2.05) is 0 Å². The molecule has 1 aliphatic heterocycles. The minimum absolute atomic E-state index is 0.173. The third-order valence-corrected chi connectivity index (χ3v) is 3.50. The van der Waals surface area contributed by atoms with E-state index in [0.29, 0.717) is 12.1 Å². The molecule has 0 aliphatic carbocycles. The first-order valence-electron chi connectivity index (χ1n) is 6.23. The highest BCUT2D eigenvalue weighted by Crippen LogP contribution is 2.19. The van der Waals surface area contributed by atoms with Crippen molar-refractivity contribution in [3.8, 4) is 0 Å². The summed E-state index contributed by atoms with van der Waals surface area (Å²) in [7, 11) is 0. The summed E-state index contributed by atoms with van der Waals surface area (Å²) in [6.07, 6.45) is 2.52.